The summed E-state index contributed by atoms with van der Waals surface area (Å²) in [6.45, 7) is 5.68. The number of amides is 1. The van der Waals surface area contributed by atoms with Gasteiger partial charge in [0.05, 0.1) is 6.04 Å². The second-order valence-corrected chi connectivity index (χ2v) is 6.49. The molecule has 0 bridgehead atoms. The molecular formula is C14H26N2O. The fourth-order valence-electron chi connectivity index (χ4n) is 3.09. The molecule has 3 heteroatoms. The molecule has 0 aromatic carbocycles. The van der Waals surface area contributed by atoms with Crippen LogP contribution in [0.4, 0.5) is 0 Å². The van der Waals surface area contributed by atoms with E-state index in [-0.39, 0.29) is 6.04 Å². The summed E-state index contributed by atoms with van der Waals surface area (Å²) < 4.78 is 0. The van der Waals surface area contributed by atoms with Crippen molar-refractivity contribution in [2.75, 3.05) is 13.6 Å². The predicted octanol–water partition coefficient (Wildman–Crippen LogP) is 2.17. The standard InChI is InChI=1S/C14H26N2O/c1-14(2)8-6-11(7-9-14)16(3)13(17)12-5-4-10-15-12/h11-12,15H,4-10H2,1-3H3. The number of rotatable bonds is 2. The molecule has 2 aliphatic rings. The van der Waals surface area contributed by atoms with Crippen molar-refractivity contribution in [2.24, 2.45) is 5.41 Å². The van der Waals surface area contributed by atoms with Crippen molar-refractivity contribution in [3.8, 4) is 0 Å². The largest absolute Gasteiger partial charge is 0.341 e. The zero-order chi connectivity index (χ0) is 12.5. The van der Waals surface area contributed by atoms with Crippen LogP contribution >= 0.6 is 0 Å². The van der Waals surface area contributed by atoms with Gasteiger partial charge >= 0.3 is 0 Å². The SMILES string of the molecule is CN(C(=O)C1CCCN1)C1CCC(C)(C)CC1. The predicted molar refractivity (Wildman–Crippen MR) is 69.8 cm³/mol. The van der Waals surface area contributed by atoms with E-state index in [4.69, 9.17) is 0 Å². The van der Waals surface area contributed by atoms with E-state index in [9.17, 15) is 4.79 Å². The minimum Gasteiger partial charge on any atom is -0.341 e. The number of likely N-dealkylation sites (N-methyl/N-ethyl adjacent to an activating group) is 1. The van der Waals surface area contributed by atoms with Gasteiger partial charge in [0.2, 0.25) is 5.91 Å². The summed E-state index contributed by atoms with van der Waals surface area (Å²) >= 11 is 0. The molecule has 2 fully saturated rings. The Kier molecular flexibility index (Phi) is 3.76. The first-order chi connectivity index (χ1) is 7.99. The third-order valence-electron chi connectivity index (χ3n) is 4.56. The van der Waals surface area contributed by atoms with Crippen LogP contribution in [0, 0.1) is 5.41 Å². The number of carbonyl (C=O) groups is 1. The fraction of sp³-hybridized carbons (Fsp3) is 0.929. The molecule has 1 atom stereocenters. The van der Waals surface area contributed by atoms with E-state index in [1.54, 1.807) is 0 Å². The van der Waals surface area contributed by atoms with Crippen LogP contribution in [-0.2, 0) is 4.79 Å². The Morgan fingerprint density at radius 3 is 2.41 bits per heavy atom. The van der Waals surface area contributed by atoms with Gasteiger partial charge in [0.25, 0.3) is 0 Å². The Morgan fingerprint density at radius 1 is 1.24 bits per heavy atom. The van der Waals surface area contributed by atoms with Crippen molar-refractivity contribution in [1.82, 2.24) is 10.2 Å². The van der Waals surface area contributed by atoms with Crippen LogP contribution in [0.1, 0.15) is 52.4 Å². The topological polar surface area (TPSA) is 32.3 Å². The van der Waals surface area contributed by atoms with Crippen molar-refractivity contribution in [3.63, 3.8) is 0 Å². The Hall–Kier alpha value is -0.570. The summed E-state index contributed by atoms with van der Waals surface area (Å²) in [7, 11) is 1.99. The van der Waals surface area contributed by atoms with Gasteiger partial charge < -0.3 is 10.2 Å². The molecule has 1 aliphatic carbocycles. The third-order valence-corrected chi connectivity index (χ3v) is 4.56. The lowest BCUT2D eigenvalue weighted by Gasteiger charge is -2.39. The van der Waals surface area contributed by atoms with Gasteiger partial charge in [-0.25, -0.2) is 0 Å². The van der Waals surface area contributed by atoms with Crippen molar-refractivity contribution >= 4 is 5.91 Å². The van der Waals surface area contributed by atoms with Crippen LogP contribution < -0.4 is 5.32 Å². The highest BCUT2D eigenvalue weighted by Crippen LogP contribution is 2.36. The second-order valence-electron chi connectivity index (χ2n) is 6.49. The fourth-order valence-corrected chi connectivity index (χ4v) is 3.09. The van der Waals surface area contributed by atoms with Gasteiger partial charge in [-0.05, 0) is 50.5 Å². The van der Waals surface area contributed by atoms with Crippen molar-refractivity contribution < 1.29 is 4.79 Å². The highest BCUT2D eigenvalue weighted by atomic mass is 16.2. The van der Waals surface area contributed by atoms with Crippen LogP contribution in [0.3, 0.4) is 0 Å². The summed E-state index contributed by atoms with van der Waals surface area (Å²) in [5.41, 5.74) is 0.478. The molecule has 1 unspecified atom stereocenters. The first-order valence-corrected chi connectivity index (χ1v) is 7.00. The van der Waals surface area contributed by atoms with Gasteiger partial charge in [-0.2, -0.15) is 0 Å². The van der Waals surface area contributed by atoms with Crippen molar-refractivity contribution in [2.45, 2.75) is 64.5 Å². The minimum absolute atomic E-state index is 0.0925. The summed E-state index contributed by atoms with van der Waals surface area (Å²) in [6.07, 6.45) is 6.98. The average molecular weight is 238 g/mol. The smallest absolute Gasteiger partial charge is 0.239 e. The van der Waals surface area contributed by atoms with Gasteiger partial charge in [-0.15, -0.1) is 0 Å². The third kappa shape index (κ3) is 3.01. The lowest BCUT2D eigenvalue weighted by Crippen LogP contribution is -2.47. The van der Waals surface area contributed by atoms with Crippen molar-refractivity contribution in [1.29, 1.82) is 0 Å². The molecule has 0 aromatic heterocycles. The van der Waals surface area contributed by atoms with Gasteiger partial charge in [-0.3, -0.25) is 4.79 Å². The van der Waals surface area contributed by atoms with Crippen LogP contribution in [0.2, 0.25) is 0 Å². The highest BCUT2D eigenvalue weighted by molar-refractivity contribution is 5.82. The van der Waals surface area contributed by atoms with E-state index in [1.165, 1.54) is 25.7 Å². The molecule has 1 amide bonds. The molecule has 3 nitrogen and oxygen atoms in total. The molecule has 1 N–H and O–H groups in total. The Labute approximate surface area is 105 Å². The number of nitrogens with zero attached hydrogens (tertiary/aromatic N) is 1. The molecule has 0 aromatic rings. The zero-order valence-electron chi connectivity index (χ0n) is 11.5. The van der Waals surface area contributed by atoms with E-state index in [0.717, 1.165) is 19.4 Å². The summed E-state index contributed by atoms with van der Waals surface area (Å²) in [5.74, 6) is 0.312. The molecule has 0 spiro atoms. The second kappa shape index (κ2) is 4.97. The molecule has 1 saturated carbocycles. The molecule has 0 radical (unpaired) electrons. The maximum Gasteiger partial charge on any atom is 0.239 e. The number of carbonyl (C=O) groups excluding carboxylic acids is 1. The monoisotopic (exact) mass is 238 g/mol. The Bertz CT molecular complexity index is 272. The quantitative estimate of drug-likeness (QED) is 0.799. The minimum atomic E-state index is 0.0925. The molecular weight excluding hydrogens is 212 g/mol. The summed E-state index contributed by atoms with van der Waals surface area (Å²) in [5, 5.41) is 3.30. The van der Waals surface area contributed by atoms with Gasteiger partial charge in [0.1, 0.15) is 0 Å². The van der Waals surface area contributed by atoms with E-state index in [0.29, 0.717) is 17.4 Å². The van der Waals surface area contributed by atoms with Gasteiger partial charge in [-0.1, -0.05) is 13.8 Å². The molecule has 98 valence electrons. The highest BCUT2D eigenvalue weighted by Gasteiger charge is 2.33. The normalized spacial score (nSPS) is 29.2. The van der Waals surface area contributed by atoms with E-state index < -0.39 is 0 Å². The molecule has 1 heterocycles. The summed E-state index contributed by atoms with van der Waals surface area (Å²) in [6, 6.07) is 0.563. The lowest BCUT2D eigenvalue weighted by atomic mass is 9.75. The van der Waals surface area contributed by atoms with E-state index in [2.05, 4.69) is 19.2 Å². The maximum absolute atomic E-state index is 12.3. The summed E-state index contributed by atoms with van der Waals surface area (Å²) in [4.78, 5) is 14.3. The van der Waals surface area contributed by atoms with E-state index >= 15 is 0 Å². The average Bonchev–Trinajstić information content (AvgIpc) is 2.80. The first-order valence-electron chi connectivity index (χ1n) is 7.00. The first kappa shape index (κ1) is 12.9. The van der Waals surface area contributed by atoms with E-state index in [1.807, 2.05) is 11.9 Å². The zero-order valence-corrected chi connectivity index (χ0v) is 11.5. The molecule has 2 rings (SSSR count). The number of hydrogen-bond acceptors (Lipinski definition) is 2. The number of hydrogen-bond donors (Lipinski definition) is 1. The Balaban J connectivity index is 1.87. The van der Waals surface area contributed by atoms with Crippen molar-refractivity contribution in [3.05, 3.63) is 0 Å². The molecule has 1 saturated heterocycles. The van der Waals surface area contributed by atoms with Gasteiger partial charge in [0, 0.05) is 13.1 Å². The molecule has 1 aliphatic heterocycles. The van der Waals surface area contributed by atoms with Crippen LogP contribution in [0.15, 0.2) is 0 Å². The maximum atomic E-state index is 12.3. The van der Waals surface area contributed by atoms with Crippen LogP contribution in [-0.4, -0.2) is 36.5 Å². The van der Waals surface area contributed by atoms with Crippen LogP contribution in [0.25, 0.3) is 0 Å². The molecule has 17 heavy (non-hydrogen) atoms. The lowest BCUT2D eigenvalue weighted by molar-refractivity contribution is -0.134. The Morgan fingerprint density at radius 2 is 1.88 bits per heavy atom. The number of nitrogens with one attached hydrogen (secondary N) is 1. The van der Waals surface area contributed by atoms with Crippen LogP contribution in [0.5, 0.6) is 0 Å². The van der Waals surface area contributed by atoms with Gasteiger partial charge in [0.15, 0.2) is 0 Å².